The lowest BCUT2D eigenvalue weighted by Crippen LogP contribution is -2.33. The Morgan fingerprint density at radius 3 is 2.25 bits per heavy atom. The van der Waals surface area contributed by atoms with Crippen molar-refractivity contribution in [2.24, 2.45) is 0 Å². The topological polar surface area (TPSA) is 72.9 Å². The van der Waals surface area contributed by atoms with Crippen LogP contribution in [0, 0.1) is 5.82 Å². The lowest BCUT2D eigenvalue weighted by molar-refractivity contribution is -0.180. The van der Waals surface area contributed by atoms with E-state index in [1.165, 1.54) is 31.4 Å². The van der Waals surface area contributed by atoms with Crippen molar-refractivity contribution in [1.82, 2.24) is 5.06 Å². The van der Waals surface area contributed by atoms with E-state index >= 15 is 0 Å². The minimum absolute atomic E-state index is 0.0318. The largest absolute Gasteiger partial charge is 0.463 e. The first-order valence-electron chi connectivity index (χ1n) is 5.68. The van der Waals surface area contributed by atoms with Crippen molar-refractivity contribution in [3.63, 3.8) is 0 Å². The molecule has 0 aromatic heterocycles. The maximum atomic E-state index is 12.8. The molecule has 0 atom stereocenters. The van der Waals surface area contributed by atoms with Crippen LogP contribution in [0.25, 0.3) is 0 Å². The Morgan fingerprint density at radius 2 is 1.75 bits per heavy atom. The van der Waals surface area contributed by atoms with Crippen LogP contribution in [0.3, 0.4) is 0 Å². The molecule has 1 amide bonds. The van der Waals surface area contributed by atoms with Crippen LogP contribution < -0.4 is 0 Å². The Morgan fingerprint density at radius 1 is 1.15 bits per heavy atom. The molecular formula is C13H14FNO5. The Labute approximate surface area is 115 Å². The van der Waals surface area contributed by atoms with E-state index in [4.69, 9.17) is 4.84 Å². The lowest BCUT2D eigenvalue weighted by atomic mass is 10.2. The molecule has 6 nitrogen and oxygen atoms in total. The number of carbonyl (C=O) groups is 3. The van der Waals surface area contributed by atoms with Gasteiger partial charge in [0.15, 0.2) is 0 Å². The van der Waals surface area contributed by atoms with Crippen molar-refractivity contribution in [3.05, 3.63) is 35.6 Å². The van der Waals surface area contributed by atoms with E-state index in [9.17, 15) is 18.8 Å². The van der Waals surface area contributed by atoms with Gasteiger partial charge in [-0.1, -0.05) is 12.1 Å². The number of hydrogen-bond acceptors (Lipinski definition) is 5. The van der Waals surface area contributed by atoms with Crippen molar-refractivity contribution in [2.75, 3.05) is 14.2 Å². The summed E-state index contributed by atoms with van der Waals surface area (Å²) in [7, 11) is 2.31. The monoisotopic (exact) mass is 283 g/mol. The number of ether oxygens (including phenoxy) is 1. The van der Waals surface area contributed by atoms with Gasteiger partial charge in [-0.3, -0.25) is 14.4 Å². The second-order valence-corrected chi connectivity index (χ2v) is 3.83. The molecule has 0 bridgehead atoms. The van der Waals surface area contributed by atoms with Crippen molar-refractivity contribution in [3.8, 4) is 0 Å². The Hall–Kier alpha value is -2.28. The van der Waals surface area contributed by atoms with Gasteiger partial charge in [0.25, 0.3) is 5.91 Å². The number of rotatable bonds is 6. The van der Waals surface area contributed by atoms with Crippen LogP contribution in [0.1, 0.15) is 12.0 Å². The quantitative estimate of drug-likeness (QED) is 0.335. The fraction of sp³-hybridized carbons (Fsp3) is 0.308. The molecule has 0 N–H and O–H groups in total. The fourth-order valence-corrected chi connectivity index (χ4v) is 1.42. The van der Waals surface area contributed by atoms with Crippen molar-refractivity contribution in [1.29, 1.82) is 0 Å². The van der Waals surface area contributed by atoms with E-state index in [-0.39, 0.29) is 6.54 Å². The molecular weight excluding hydrogens is 269 g/mol. The number of amides is 1. The van der Waals surface area contributed by atoms with E-state index < -0.39 is 29.9 Å². The van der Waals surface area contributed by atoms with Gasteiger partial charge in [-0.2, -0.15) is 0 Å². The summed E-state index contributed by atoms with van der Waals surface area (Å²) in [6.45, 7) is 0.0318. The number of carbonyl (C=O) groups excluding carboxylic acids is 3. The third-order valence-electron chi connectivity index (χ3n) is 2.46. The Kier molecular flexibility index (Phi) is 5.79. The predicted octanol–water partition coefficient (Wildman–Crippen LogP) is 0.848. The molecule has 1 aromatic carbocycles. The number of esters is 1. The number of nitrogens with zero attached hydrogens (tertiary/aromatic N) is 1. The van der Waals surface area contributed by atoms with Gasteiger partial charge in [0.1, 0.15) is 5.82 Å². The van der Waals surface area contributed by atoms with Gasteiger partial charge in [-0.25, -0.2) is 14.2 Å². The van der Waals surface area contributed by atoms with Crippen molar-refractivity contribution in [2.45, 2.75) is 13.0 Å². The molecule has 0 aliphatic heterocycles. The molecule has 0 aliphatic carbocycles. The average Bonchev–Trinajstić information content (AvgIpc) is 2.45. The van der Waals surface area contributed by atoms with E-state index in [0.717, 1.165) is 12.2 Å². The third kappa shape index (κ3) is 4.43. The smallest absolute Gasteiger partial charge is 0.374 e. The molecule has 20 heavy (non-hydrogen) atoms. The predicted molar refractivity (Wildman–Crippen MR) is 65.6 cm³/mol. The zero-order chi connectivity index (χ0) is 15.1. The van der Waals surface area contributed by atoms with Gasteiger partial charge in [-0.15, -0.1) is 0 Å². The summed E-state index contributed by atoms with van der Waals surface area (Å²) in [4.78, 5) is 38.8. The van der Waals surface area contributed by atoms with Crippen molar-refractivity contribution >= 4 is 17.7 Å². The summed E-state index contributed by atoms with van der Waals surface area (Å²) in [6.07, 6.45) is -0.651. The molecule has 0 heterocycles. The number of halogens is 1. The van der Waals surface area contributed by atoms with Gasteiger partial charge in [0.05, 0.1) is 27.2 Å². The van der Waals surface area contributed by atoms with Crippen LogP contribution in [0.15, 0.2) is 24.3 Å². The van der Waals surface area contributed by atoms with Gasteiger partial charge < -0.3 is 4.74 Å². The summed E-state index contributed by atoms with van der Waals surface area (Å²) in [6, 6.07) is 5.45. The van der Waals surface area contributed by atoms with Crippen LogP contribution in [-0.4, -0.2) is 36.9 Å². The molecule has 0 saturated heterocycles. The van der Waals surface area contributed by atoms with E-state index in [1.807, 2.05) is 0 Å². The second-order valence-electron chi connectivity index (χ2n) is 3.83. The SMILES string of the molecule is COC(=O)C(=O)CC(=O)N(Cc1ccc(F)cc1)OC. The highest BCUT2D eigenvalue weighted by molar-refractivity contribution is 6.36. The standard InChI is InChI=1S/C13H14FNO5/c1-19-13(18)11(16)7-12(17)15(20-2)8-9-3-5-10(14)6-4-9/h3-6H,7-8H2,1-2H3. The Balaban J connectivity index is 2.66. The summed E-state index contributed by atoms with van der Waals surface area (Å²) < 4.78 is 17.0. The molecule has 0 aliphatic rings. The molecule has 1 rings (SSSR count). The molecule has 0 saturated carbocycles. The molecule has 0 spiro atoms. The summed E-state index contributed by atoms with van der Waals surface area (Å²) in [5, 5.41) is 0.911. The highest BCUT2D eigenvalue weighted by atomic mass is 19.1. The number of ketones is 1. The van der Waals surface area contributed by atoms with Crippen LogP contribution in [0.2, 0.25) is 0 Å². The maximum Gasteiger partial charge on any atom is 0.374 e. The zero-order valence-corrected chi connectivity index (χ0v) is 11.1. The maximum absolute atomic E-state index is 12.8. The molecule has 108 valence electrons. The minimum Gasteiger partial charge on any atom is -0.463 e. The van der Waals surface area contributed by atoms with Gasteiger partial charge in [0, 0.05) is 0 Å². The number of hydrogen-bond donors (Lipinski definition) is 0. The van der Waals surface area contributed by atoms with Crippen molar-refractivity contribution < 1.29 is 28.3 Å². The van der Waals surface area contributed by atoms with Crippen LogP contribution in [0.5, 0.6) is 0 Å². The first-order valence-corrected chi connectivity index (χ1v) is 5.68. The first-order chi connectivity index (χ1) is 9.47. The van der Waals surface area contributed by atoms with Gasteiger partial charge in [-0.05, 0) is 17.7 Å². The Bertz CT molecular complexity index is 500. The van der Waals surface area contributed by atoms with Crippen LogP contribution in [-0.2, 0) is 30.5 Å². The molecule has 0 unspecified atom stereocenters. The van der Waals surface area contributed by atoms with Crippen LogP contribution in [0.4, 0.5) is 4.39 Å². The highest BCUT2D eigenvalue weighted by Crippen LogP contribution is 2.08. The second kappa shape index (κ2) is 7.34. The molecule has 1 aromatic rings. The number of methoxy groups -OCH3 is 1. The fourth-order valence-electron chi connectivity index (χ4n) is 1.42. The van der Waals surface area contributed by atoms with Gasteiger partial charge >= 0.3 is 5.97 Å². The number of benzene rings is 1. The van der Waals surface area contributed by atoms with E-state index in [1.54, 1.807) is 0 Å². The first kappa shape index (κ1) is 15.8. The minimum atomic E-state index is -1.09. The summed E-state index contributed by atoms with van der Waals surface area (Å²) in [5.74, 6) is -3.13. The van der Waals surface area contributed by atoms with E-state index in [2.05, 4.69) is 4.74 Å². The summed E-state index contributed by atoms with van der Waals surface area (Å²) in [5.41, 5.74) is 0.618. The zero-order valence-electron chi connectivity index (χ0n) is 11.1. The lowest BCUT2D eigenvalue weighted by Gasteiger charge is -2.19. The van der Waals surface area contributed by atoms with Crippen LogP contribution >= 0.6 is 0 Å². The number of Topliss-reactive ketones (excluding diaryl/α,β-unsaturated/α-hetero) is 1. The molecule has 0 radical (unpaired) electrons. The molecule has 0 fully saturated rings. The summed E-state index contributed by atoms with van der Waals surface area (Å²) >= 11 is 0. The normalized spacial score (nSPS) is 9.95. The molecule has 7 heteroatoms. The highest BCUT2D eigenvalue weighted by Gasteiger charge is 2.22. The van der Waals surface area contributed by atoms with E-state index in [0.29, 0.717) is 5.56 Å². The average molecular weight is 283 g/mol. The van der Waals surface area contributed by atoms with Gasteiger partial charge in [0.2, 0.25) is 5.78 Å². The number of hydroxylamine groups is 2. The third-order valence-corrected chi connectivity index (χ3v) is 2.46.